The highest BCUT2D eigenvalue weighted by Gasteiger charge is 2.24. The Hall–Kier alpha value is -3.41. The first-order chi connectivity index (χ1) is 12.5. The van der Waals surface area contributed by atoms with Crippen molar-refractivity contribution in [1.29, 1.82) is 0 Å². The van der Waals surface area contributed by atoms with Gasteiger partial charge in [-0.25, -0.2) is 14.6 Å². The lowest BCUT2D eigenvalue weighted by atomic mass is 10.1. The predicted octanol–water partition coefficient (Wildman–Crippen LogP) is 2.89. The fraction of sp³-hybridized carbons (Fsp3) is 0.150. The van der Waals surface area contributed by atoms with E-state index in [0.717, 1.165) is 11.1 Å². The summed E-state index contributed by atoms with van der Waals surface area (Å²) in [5.74, 6) is -0.222. The summed E-state index contributed by atoms with van der Waals surface area (Å²) in [5.41, 5.74) is 2.75. The molecule has 1 aliphatic heterocycles. The molecule has 132 valence electrons. The van der Waals surface area contributed by atoms with Crippen molar-refractivity contribution in [3.8, 4) is 5.75 Å². The van der Waals surface area contributed by atoms with Crippen LogP contribution in [0.25, 0.3) is 6.08 Å². The van der Waals surface area contributed by atoms with Crippen LogP contribution >= 0.6 is 0 Å². The number of hydrogen-bond donors (Lipinski definition) is 0. The number of ether oxygens (including phenoxy) is 3. The maximum Gasteiger partial charge on any atom is 0.363 e. The van der Waals surface area contributed by atoms with E-state index in [0.29, 0.717) is 11.3 Å². The number of hydrogen-bond acceptors (Lipinski definition) is 6. The number of esters is 2. The van der Waals surface area contributed by atoms with E-state index in [1.54, 1.807) is 30.3 Å². The molecular formula is C20H17NO5. The molecule has 0 aliphatic carbocycles. The second kappa shape index (κ2) is 7.65. The van der Waals surface area contributed by atoms with Crippen LogP contribution in [0.2, 0.25) is 0 Å². The van der Waals surface area contributed by atoms with E-state index in [4.69, 9.17) is 9.47 Å². The Labute approximate surface area is 150 Å². The minimum Gasteiger partial charge on any atom is -0.482 e. The molecular weight excluding hydrogens is 334 g/mol. The number of aryl methyl sites for hydroxylation is 1. The molecule has 6 heteroatoms. The number of carbonyl (C=O) groups is 2. The zero-order valence-electron chi connectivity index (χ0n) is 14.4. The lowest BCUT2D eigenvalue weighted by molar-refractivity contribution is -0.142. The van der Waals surface area contributed by atoms with E-state index in [1.165, 1.54) is 7.11 Å². The van der Waals surface area contributed by atoms with E-state index < -0.39 is 11.9 Å². The van der Waals surface area contributed by atoms with Crippen molar-refractivity contribution in [2.24, 2.45) is 4.99 Å². The third kappa shape index (κ3) is 4.16. The van der Waals surface area contributed by atoms with Gasteiger partial charge in [-0.2, -0.15) is 0 Å². The standard InChI is InChI=1S/C20H17NO5/c1-13-6-8-15(9-7-13)19-21-17(20(23)26-19)11-14-4-3-5-16(10-14)25-12-18(22)24-2/h3-11H,12H2,1-2H3/b17-11-. The summed E-state index contributed by atoms with van der Waals surface area (Å²) < 4.78 is 15.1. The van der Waals surface area contributed by atoms with Gasteiger partial charge in [0.2, 0.25) is 5.90 Å². The number of cyclic esters (lactones) is 1. The number of carbonyl (C=O) groups excluding carboxylic acids is 2. The molecule has 3 rings (SSSR count). The van der Waals surface area contributed by atoms with Crippen LogP contribution < -0.4 is 4.74 Å². The smallest absolute Gasteiger partial charge is 0.363 e. The third-order valence-corrected chi connectivity index (χ3v) is 3.66. The molecule has 0 radical (unpaired) electrons. The van der Waals surface area contributed by atoms with Gasteiger partial charge in [0.25, 0.3) is 0 Å². The molecule has 0 unspecified atom stereocenters. The van der Waals surface area contributed by atoms with Gasteiger partial charge in [0.05, 0.1) is 7.11 Å². The molecule has 0 atom stereocenters. The highest BCUT2D eigenvalue weighted by atomic mass is 16.6. The summed E-state index contributed by atoms with van der Waals surface area (Å²) in [7, 11) is 1.29. The van der Waals surface area contributed by atoms with Crippen LogP contribution in [0.15, 0.2) is 59.2 Å². The van der Waals surface area contributed by atoms with Crippen LogP contribution in [-0.2, 0) is 19.1 Å². The topological polar surface area (TPSA) is 74.2 Å². The van der Waals surface area contributed by atoms with Crippen molar-refractivity contribution < 1.29 is 23.8 Å². The Balaban J connectivity index is 1.79. The minimum atomic E-state index is -0.513. The van der Waals surface area contributed by atoms with Crippen molar-refractivity contribution in [3.05, 3.63) is 70.9 Å². The van der Waals surface area contributed by atoms with Gasteiger partial charge in [-0.1, -0.05) is 29.8 Å². The van der Waals surface area contributed by atoms with Crippen molar-refractivity contribution >= 4 is 23.9 Å². The van der Waals surface area contributed by atoms with Gasteiger partial charge in [0, 0.05) is 5.56 Å². The minimum absolute atomic E-state index is 0.186. The molecule has 1 heterocycles. The number of rotatable bonds is 5. The Morgan fingerprint density at radius 3 is 2.69 bits per heavy atom. The van der Waals surface area contributed by atoms with Gasteiger partial charge < -0.3 is 14.2 Å². The molecule has 2 aromatic rings. The van der Waals surface area contributed by atoms with Crippen LogP contribution in [0.3, 0.4) is 0 Å². The molecule has 0 fully saturated rings. The fourth-order valence-corrected chi connectivity index (χ4v) is 2.28. The van der Waals surface area contributed by atoms with Crippen molar-refractivity contribution in [2.45, 2.75) is 6.92 Å². The summed E-state index contributed by atoms with van der Waals surface area (Å²) in [6, 6.07) is 14.5. The van der Waals surface area contributed by atoms with E-state index in [-0.39, 0.29) is 18.2 Å². The fourth-order valence-electron chi connectivity index (χ4n) is 2.28. The average molecular weight is 351 g/mol. The molecule has 0 bridgehead atoms. The van der Waals surface area contributed by atoms with Gasteiger partial charge in [0.1, 0.15) is 5.75 Å². The van der Waals surface area contributed by atoms with E-state index in [9.17, 15) is 9.59 Å². The second-order valence-electron chi connectivity index (χ2n) is 5.64. The lowest BCUT2D eigenvalue weighted by Crippen LogP contribution is -2.12. The summed E-state index contributed by atoms with van der Waals surface area (Å²) >= 11 is 0. The third-order valence-electron chi connectivity index (χ3n) is 3.66. The largest absolute Gasteiger partial charge is 0.482 e. The quantitative estimate of drug-likeness (QED) is 0.612. The molecule has 1 aliphatic rings. The average Bonchev–Trinajstić information content (AvgIpc) is 3.01. The SMILES string of the molecule is COC(=O)COc1cccc(/C=C2\N=C(c3ccc(C)cc3)OC2=O)c1. The summed E-state index contributed by atoms with van der Waals surface area (Å²) in [4.78, 5) is 27.5. The predicted molar refractivity (Wildman–Crippen MR) is 95.7 cm³/mol. The first-order valence-corrected chi connectivity index (χ1v) is 7.94. The highest BCUT2D eigenvalue weighted by Crippen LogP contribution is 2.21. The molecule has 6 nitrogen and oxygen atoms in total. The zero-order valence-corrected chi connectivity index (χ0v) is 14.4. The Morgan fingerprint density at radius 2 is 1.96 bits per heavy atom. The maximum absolute atomic E-state index is 12.1. The van der Waals surface area contributed by atoms with Gasteiger partial charge in [-0.05, 0) is 42.8 Å². The normalized spacial score (nSPS) is 14.8. The lowest BCUT2D eigenvalue weighted by Gasteiger charge is -2.05. The Bertz CT molecular complexity index is 897. The van der Waals surface area contributed by atoms with Crippen molar-refractivity contribution in [1.82, 2.24) is 0 Å². The van der Waals surface area contributed by atoms with E-state index >= 15 is 0 Å². The monoisotopic (exact) mass is 351 g/mol. The number of methoxy groups -OCH3 is 1. The molecule has 0 N–H and O–H groups in total. The summed E-state index contributed by atoms with van der Waals surface area (Å²) in [5, 5.41) is 0. The summed E-state index contributed by atoms with van der Waals surface area (Å²) in [6.07, 6.45) is 1.61. The number of benzene rings is 2. The Morgan fingerprint density at radius 1 is 1.19 bits per heavy atom. The number of aliphatic imine (C=N–C) groups is 1. The van der Waals surface area contributed by atoms with Crippen LogP contribution in [0, 0.1) is 6.92 Å². The highest BCUT2D eigenvalue weighted by molar-refractivity contribution is 6.12. The molecule has 0 spiro atoms. The summed E-state index contributed by atoms with van der Waals surface area (Å²) in [6.45, 7) is 1.79. The molecule has 0 aromatic heterocycles. The first kappa shape index (κ1) is 17.4. The number of nitrogens with zero attached hydrogens (tertiary/aromatic N) is 1. The van der Waals surface area contributed by atoms with Crippen LogP contribution in [0.1, 0.15) is 16.7 Å². The van der Waals surface area contributed by atoms with Crippen LogP contribution in [0.4, 0.5) is 0 Å². The first-order valence-electron chi connectivity index (χ1n) is 7.94. The van der Waals surface area contributed by atoms with Gasteiger partial charge in [-0.3, -0.25) is 0 Å². The van der Waals surface area contributed by atoms with Gasteiger partial charge in [0.15, 0.2) is 12.3 Å². The Kier molecular flexibility index (Phi) is 5.12. The van der Waals surface area contributed by atoms with Crippen LogP contribution in [-0.4, -0.2) is 31.6 Å². The molecule has 2 aromatic carbocycles. The van der Waals surface area contributed by atoms with Gasteiger partial charge >= 0.3 is 11.9 Å². The molecule has 0 amide bonds. The van der Waals surface area contributed by atoms with Crippen LogP contribution in [0.5, 0.6) is 5.75 Å². The maximum atomic E-state index is 12.1. The molecule has 26 heavy (non-hydrogen) atoms. The molecule has 0 saturated carbocycles. The van der Waals surface area contributed by atoms with Gasteiger partial charge in [-0.15, -0.1) is 0 Å². The molecule has 0 saturated heterocycles. The van der Waals surface area contributed by atoms with Crippen molar-refractivity contribution in [2.75, 3.05) is 13.7 Å². The second-order valence-corrected chi connectivity index (χ2v) is 5.64. The van der Waals surface area contributed by atoms with E-state index in [1.807, 2.05) is 31.2 Å². The zero-order chi connectivity index (χ0) is 18.5. The van der Waals surface area contributed by atoms with Crippen molar-refractivity contribution in [3.63, 3.8) is 0 Å². The van der Waals surface area contributed by atoms with E-state index in [2.05, 4.69) is 9.73 Å².